The van der Waals surface area contributed by atoms with E-state index in [0.29, 0.717) is 0 Å². The van der Waals surface area contributed by atoms with E-state index < -0.39 is 0 Å². The minimum absolute atomic E-state index is 0. The minimum atomic E-state index is -0.0764. The Hall–Kier alpha value is 0.262. The van der Waals surface area contributed by atoms with Gasteiger partial charge in [0.15, 0.2) is 11.5 Å². The van der Waals surface area contributed by atoms with Gasteiger partial charge >= 0.3 is 0 Å². The van der Waals surface area contributed by atoms with Crippen LogP contribution in [-0.2, 0) is 19.5 Å². The molecule has 0 aliphatic rings. The van der Waals surface area contributed by atoms with Gasteiger partial charge in [-0.15, -0.1) is 0 Å². The molecule has 49 valence electrons. The Bertz CT molecular complexity index is 172. The van der Waals surface area contributed by atoms with Crippen LogP contribution < -0.4 is 0 Å². The van der Waals surface area contributed by atoms with Crippen LogP contribution in [0.15, 0.2) is 24.3 Å². The van der Waals surface area contributed by atoms with Crippen LogP contribution in [0.5, 0.6) is 11.5 Å². The van der Waals surface area contributed by atoms with Crippen molar-refractivity contribution in [3.05, 3.63) is 24.3 Å². The fourth-order valence-corrected chi connectivity index (χ4v) is 0.464. The van der Waals surface area contributed by atoms with Gasteiger partial charge in [0, 0.05) is 43.9 Å². The minimum Gasteiger partial charge on any atom is -0.504 e. The molecule has 4 heteroatoms. The molecule has 0 spiro atoms. The van der Waals surface area contributed by atoms with Gasteiger partial charge in [-0.25, -0.2) is 0 Å². The molecule has 0 unspecified atom stereocenters. The summed E-state index contributed by atoms with van der Waals surface area (Å²) in [4.78, 5) is 0. The van der Waals surface area contributed by atoms with E-state index in [9.17, 15) is 0 Å². The molecule has 1 rings (SSSR count). The molecule has 0 heterocycles. The van der Waals surface area contributed by atoms with Crippen LogP contribution in [0.2, 0.25) is 0 Å². The van der Waals surface area contributed by atoms with Gasteiger partial charge in [0.25, 0.3) is 0 Å². The number of benzene rings is 1. The van der Waals surface area contributed by atoms with Crippen LogP contribution in [0.3, 0.4) is 0 Å². The van der Waals surface area contributed by atoms with E-state index in [2.05, 4.69) is 0 Å². The predicted octanol–water partition coefficient (Wildman–Crippen LogP) is 0.714. The molecule has 0 fully saturated rings. The third kappa shape index (κ3) is 3.43. The van der Waals surface area contributed by atoms with Crippen molar-refractivity contribution in [2.45, 2.75) is 0 Å². The first-order valence-corrected chi connectivity index (χ1v) is 2.27. The second kappa shape index (κ2) is 6.00. The molecule has 0 bridgehead atoms. The van der Waals surface area contributed by atoms with Gasteiger partial charge < -0.3 is 10.2 Å². The van der Waals surface area contributed by atoms with Crippen LogP contribution in [0.25, 0.3) is 0 Å². The summed E-state index contributed by atoms with van der Waals surface area (Å²) in [5, 5.41) is 17.3. The first kappa shape index (κ1) is 12.9. The molecule has 0 amide bonds. The Balaban J connectivity index is 0. The third-order valence-corrected chi connectivity index (χ3v) is 0.882. The maximum Gasteiger partial charge on any atom is 0.157 e. The van der Waals surface area contributed by atoms with E-state index in [1.165, 1.54) is 12.1 Å². The molecule has 0 saturated carbocycles. The predicted molar refractivity (Wildman–Crippen MR) is 35.5 cm³/mol. The number of hydrogen-bond donors (Lipinski definition) is 2. The Labute approximate surface area is 89.5 Å². The van der Waals surface area contributed by atoms with E-state index in [1.54, 1.807) is 12.1 Å². The van der Waals surface area contributed by atoms with E-state index in [0.717, 1.165) is 0 Å². The molecule has 0 aliphatic heterocycles. The molecular weight excluding hydrogens is 291 g/mol. The zero-order valence-electron chi connectivity index (χ0n) is 5.36. The number of para-hydroxylation sites is 2. The van der Waals surface area contributed by atoms with Gasteiger partial charge in [0.05, 0.1) is 0 Å². The van der Waals surface area contributed by atoms with Crippen LogP contribution >= 0.6 is 0 Å². The average molecular weight is 297 g/mol. The first-order chi connectivity index (χ1) is 3.80. The Kier molecular flexibility index (Phi) is 7.74. The number of hydrogen-bond acceptors (Lipinski definition) is 2. The molecule has 0 saturated heterocycles. The molecule has 1 aromatic carbocycles. The van der Waals surface area contributed by atoms with Crippen molar-refractivity contribution in [3.8, 4) is 11.5 Å². The van der Waals surface area contributed by atoms with Gasteiger partial charge in [-0.3, -0.25) is 0 Å². The molecular formula is C6H6O2SbZn. The van der Waals surface area contributed by atoms with Crippen molar-refractivity contribution in [3.63, 3.8) is 0 Å². The monoisotopic (exact) mass is 295 g/mol. The summed E-state index contributed by atoms with van der Waals surface area (Å²) in [7, 11) is 0. The molecule has 0 atom stereocenters. The molecule has 3 radical (unpaired) electrons. The summed E-state index contributed by atoms with van der Waals surface area (Å²) in [5.74, 6) is -0.153. The topological polar surface area (TPSA) is 40.5 Å². The third-order valence-electron chi connectivity index (χ3n) is 0.882. The second-order valence-corrected chi connectivity index (χ2v) is 1.49. The number of aromatic hydroxyl groups is 2. The fourth-order valence-electron chi connectivity index (χ4n) is 0.464. The van der Waals surface area contributed by atoms with Gasteiger partial charge in [-0.2, -0.15) is 0 Å². The Morgan fingerprint density at radius 2 is 1.20 bits per heavy atom. The quantitative estimate of drug-likeness (QED) is 0.547. The second-order valence-electron chi connectivity index (χ2n) is 1.49. The molecule has 1 aromatic rings. The van der Waals surface area contributed by atoms with Crippen LogP contribution in [0, 0.1) is 0 Å². The molecule has 10 heavy (non-hydrogen) atoms. The SMILES string of the molecule is Oc1ccccc1O.[Sb].[Zn]. The standard InChI is InChI=1S/C6H6O2.Sb.Zn/c7-5-3-1-2-4-6(5)8;;/h1-4,7-8H;;. The Morgan fingerprint density at radius 1 is 0.900 bits per heavy atom. The van der Waals surface area contributed by atoms with E-state index >= 15 is 0 Å². The molecule has 2 nitrogen and oxygen atoms in total. The van der Waals surface area contributed by atoms with Gasteiger partial charge in [-0.1, -0.05) is 12.1 Å². The molecule has 2 N–H and O–H groups in total. The van der Waals surface area contributed by atoms with Gasteiger partial charge in [-0.05, 0) is 12.1 Å². The largest absolute Gasteiger partial charge is 0.504 e. The number of rotatable bonds is 0. The first-order valence-electron chi connectivity index (χ1n) is 2.27. The van der Waals surface area contributed by atoms with Crippen LogP contribution in [-0.4, -0.2) is 34.6 Å². The summed E-state index contributed by atoms with van der Waals surface area (Å²) in [6.07, 6.45) is 0. The van der Waals surface area contributed by atoms with Gasteiger partial charge in [0.2, 0.25) is 0 Å². The van der Waals surface area contributed by atoms with Crippen molar-refractivity contribution >= 4 is 24.4 Å². The average Bonchev–Trinajstić information content (AvgIpc) is 1.77. The van der Waals surface area contributed by atoms with Crippen molar-refractivity contribution in [2.24, 2.45) is 0 Å². The fraction of sp³-hybridized carbons (Fsp3) is 0. The number of phenolic OH excluding ortho intramolecular Hbond substituents is 2. The van der Waals surface area contributed by atoms with Crippen molar-refractivity contribution in [1.82, 2.24) is 0 Å². The normalized spacial score (nSPS) is 7.20. The van der Waals surface area contributed by atoms with E-state index in [4.69, 9.17) is 10.2 Å². The summed E-state index contributed by atoms with van der Waals surface area (Å²) >= 11 is 0. The van der Waals surface area contributed by atoms with Crippen molar-refractivity contribution in [1.29, 1.82) is 0 Å². The summed E-state index contributed by atoms with van der Waals surface area (Å²) < 4.78 is 0. The summed E-state index contributed by atoms with van der Waals surface area (Å²) in [6, 6.07) is 6.15. The smallest absolute Gasteiger partial charge is 0.157 e. The molecule has 0 aliphatic carbocycles. The van der Waals surface area contributed by atoms with Crippen molar-refractivity contribution in [2.75, 3.05) is 0 Å². The summed E-state index contributed by atoms with van der Waals surface area (Å²) in [5.41, 5.74) is 0. The molecule has 0 aromatic heterocycles. The van der Waals surface area contributed by atoms with Crippen LogP contribution in [0.4, 0.5) is 0 Å². The zero-order valence-corrected chi connectivity index (χ0v) is 10.9. The van der Waals surface area contributed by atoms with Crippen molar-refractivity contribution < 1.29 is 29.7 Å². The maximum absolute atomic E-state index is 8.67. The Morgan fingerprint density at radius 3 is 1.40 bits per heavy atom. The maximum atomic E-state index is 8.67. The number of phenols is 2. The van der Waals surface area contributed by atoms with Crippen LogP contribution in [0.1, 0.15) is 0 Å². The zero-order chi connectivity index (χ0) is 5.98. The van der Waals surface area contributed by atoms with Gasteiger partial charge in [0.1, 0.15) is 0 Å². The van der Waals surface area contributed by atoms with E-state index in [1.807, 2.05) is 0 Å². The summed E-state index contributed by atoms with van der Waals surface area (Å²) in [6.45, 7) is 0. The van der Waals surface area contributed by atoms with E-state index in [-0.39, 0.29) is 55.4 Å².